The van der Waals surface area contributed by atoms with Gasteiger partial charge in [0.15, 0.2) is 0 Å². The third-order valence-corrected chi connectivity index (χ3v) is 4.37. The van der Waals surface area contributed by atoms with E-state index in [2.05, 4.69) is 15.0 Å². The number of rotatable bonds is 8. The Morgan fingerprint density at radius 3 is 2.86 bits per heavy atom. The second-order valence-corrected chi connectivity index (χ2v) is 6.26. The lowest BCUT2D eigenvalue weighted by molar-refractivity contribution is 0.506. The van der Waals surface area contributed by atoms with Gasteiger partial charge in [0, 0.05) is 31.9 Å². The molecule has 0 unspecified atom stereocenters. The molecular formula is C14H19N3O3S. The highest BCUT2D eigenvalue weighted by molar-refractivity contribution is 7.89. The van der Waals surface area contributed by atoms with Gasteiger partial charge < -0.3 is 9.73 Å². The number of sulfonamides is 1. The molecule has 0 aliphatic rings. The first-order chi connectivity index (χ1) is 10.1. The summed E-state index contributed by atoms with van der Waals surface area (Å²) >= 11 is 0. The molecule has 0 aliphatic carbocycles. The fourth-order valence-corrected chi connectivity index (χ4v) is 3.00. The fourth-order valence-electron chi connectivity index (χ4n) is 1.84. The van der Waals surface area contributed by atoms with Crippen molar-refractivity contribution >= 4 is 15.7 Å². The minimum Gasteiger partial charge on any atom is -0.469 e. The maximum absolute atomic E-state index is 12.3. The highest BCUT2D eigenvalue weighted by Gasteiger charge is 2.18. The smallest absolute Gasteiger partial charge is 0.244 e. The molecule has 7 heteroatoms. The van der Waals surface area contributed by atoms with E-state index in [1.807, 2.05) is 13.0 Å². The summed E-state index contributed by atoms with van der Waals surface area (Å²) in [5.41, 5.74) is 0.567. The zero-order valence-corrected chi connectivity index (χ0v) is 12.7. The summed E-state index contributed by atoms with van der Waals surface area (Å²) in [7, 11) is -3.59. The molecule has 0 aliphatic heterocycles. The SMILES string of the molecule is CCCNc1ccncc1S(=O)(=O)NCCc1ccco1. The molecule has 0 saturated heterocycles. The topological polar surface area (TPSA) is 84.2 Å². The van der Waals surface area contributed by atoms with E-state index >= 15 is 0 Å². The van der Waals surface area contributed by atoms with Crippen LogP contribution >= 0.6 is 0 Å². The van der Waals surface area contributed by atoms with Gasteiger partial charge in [0.2, 0.25) is 10.0 Å². The van der Waals surface area contributed by atoms with Crippen molar-refractivity contribution in [2.45, 2.75) is 24.7 Å². The second kappa shape index (κ2) is 7.24. The van der Waals surface area contributed by atoms with E-state index in [0.29, 0.717) is 18.7 Å². The van der Waals surface area contributed by atoms with Crippen molar-refractivity contribution in [3.05, 3.63) is 42.6 Å². The van der Waals surface area contributed by atoms with Gasteiger partial charge >= 0.3 is 0 Å². The molecule has 0 bridgehead atoms. The molecule has 0 spiro atoms. The monoisotopic (exact) mass is 309 g/mol. The second-order valence-electron chi connectivity index (χ2n) is 4.53. The number of hydrogen-bond donors (Lipinski definition) is 2. The van der Waals surface area contributed by atoms with Crippen LogP contribution in [0.4, 0.5) is 5.69 Å². The lowest BCUT2D eigenvalue weighted by Crippen LogP contribution is -2.27. The van der Waals surface area contributed by atoms with Crippen LogP contribution in [0.2, 0.25) is 0 Å². The first-order valence-corrected chi connectivity index (χ1v) is 8.31. The summed E-state index contributed by atoms with van der Waals surface area (Å²) in [5.74, 6) is 0.744. The van der Waals surface area contributed by atoms with Crippen LogP contribution in [0.3, 0.4) is 0 Å². The summed E-state index contributed by atoms with van der Waals surface area (Å²) in [6, 6.07) is 5.25. The Labute approximate surface area is 124 Å². The zero-order chi connectivity index (χ0) is 15.1. The van der Waals surface area contributed by atoms with Crippen LogP contribution in [0.25, 0.3) is 0 Å². The van der Waals surface area contributed by atoms with Crippen LogP contribution < -0.4 is 10.0 Å². The minimum absolute atomic E-state index is 0.165. The molecule has 0 fully saturated rings. The van der Waals surface area contributed by atoms with Crippen molar-refractivity contribution in [3.8, 4) is 0 Å². The number of nitrogens with zero attached hydrogens (tertiary/aromatic N) is 1. The Morgan fingerprint density at radius 1 is 1.29 bits per heavy atom. The third kappa shape index (κ3) is 4.30. The van der Waals surface area contributed by atoms with Crippen molar-refractivity contribution in [1.29, 1.82) is 0 Å². The largest absolute Gasteiger partial charge is 0.469 e. The van der Waals surface area contributed by atoms with Gasteiger partial charge in [-0.1, -0.05) is 6.92 Å². The summed E-state index contributed by atoms with van der Waals surface area (Å²) in [4.78, 5) is 4.06. The Morgan fingerprint density at radius 2 is 2.14 bits per heavy atom. The third-order valence-electron chi connectivity index (χ3n) is 2.88. The van der Waals surface area contributed by atoms with Crippen LogP contribution in [0.15, 0.2) is 46.2 Å². The molecule has 2 N–H and O–H groups in total. The number of hydrogen-bond acceptors (Lipinski definition) is 5. The highest BCUT2D eigenvalue weighted by atomic mass is 32.2. The fraction of sp³-hybridized carbons (Fsp3) is 0.357. The van der Waals surface area contributed by atoms with E-state index in [9.17, 15) is 8.42 Å². The van der Waals surface area contributed by atoms with Crippen LogP contribution in [-0.2, 0) is 16.4 Å². The van der Waals surface area contributed by atoms with Crippen LogP contribution in [0.1, 0.15) is 19.1 Å². The molecular weight excluding hydrogens is 290 g/mol. The first-order valence-electron chi connectivity index (χ1n) is 6.83. The van der Waals surface area contributed by atoms with Crippen LogP contribution in [0.5, 0.6) is 0 Å². The van der Waals surface area contributed by atoms with Crippen molar-refractivity contribution < 1.29 is 12.8 Å². The Balaban J connectivity index is 2.04. The maximum atomic E-state index is 12.3. The maximum Gasteiger partial charge on any atom is 0.244 e. The predicted octanol–water partition coefficient (Wildman–Crippen LogP) is 2.02. The number of furan rings is 1. The summed E-state index contributed by atoms with van der Waals surface area (Å²) in [5, 5.41) is 3.10. The van der Waals surface area contributed by atoms with E-state index in [0.717, 1.165) is 12.2 Å². The number of aromatic nitrogens is 1. The van der Waals surface area contributed by atoms with Crippen LogP contribution in [0, 0.1) is 0 Å². The van der Waals surface area contributed by atoms with E-state index in [-0.39, 0.29) is 11.4 Å². The van der Waals surface area contributed by atoms with E-state index in [4.69, 9.17) is 4.42 Å². The number of pyridine rings is 1. The molecule has 2 aromatic heterocycles. The van der Waals surface area contributed by atoms with Gasteiger partial charge in [0.1, 0.15) is 10.7 Å². The minimum atomic E-state index is -3.59. The zero-order valence-electron chi connectivity index (χ0n) is 11.9. The average molecular weight is 309 g/mol. The molecule has 0 atom stereocenters. The quantitative estimate of drug-likeness (QED) is 0.779. The molecule has 0 aromatic carbocycles. The van der Waals surface area contributed by atoms with Gasteiger partial charge in [-0.2, -0.15) is 0 Å². The van der Waals surface area contributed by atoms with Crippen molar-refractivity contribution in [2.75, 3.05) is 18.4 Å². The lowest BCUT2D eigenvalue weighted by Gasteiger charge is -2.12. The summed E-state index contributed by atoms with van der Waals surface area (Å²) in [6.07, 6.45) is 5.91. The van der Waals surface area contributed by atoms with E-state index < -0.39 is 10.0 Å². The normalized spacial score (nSPS) is 11.5. The standard InChI is InChI=1S/C14H19N3O3S/c1-2-7-16-13-6-8-15-11-14(13)21(18,19)17-9-5-12-4-3-10-20-12/h3-4,6,8,10-11,17H,2,5,7,9H2,1H3,(H,15,16). The molecule has 114 valence electrons. The molecule has 21 heavy (non-hydrogen) atoms. The van der Waals surface area contributed by atoms with Crippen molar-refractivity contribution in [3.63, 3.8) is 0 Å². The molecule has 0 radical (unpaired) electrons. The molecule has 0 amide bonds. The predicted molar refractivity (Wildman–Crippen MR) is 80.6 cm³/mol. The van der Waals surface area contributed by atoms with Gasteiger partial charge in [-0.15, -0.1) is 0 Å². The molecule has 2 rings (SSSR count). The van der Waals surface area contributed by atoms with Gasteiger partial charge in [0.25, 0.3) is 0 Å². The Bertz CT molecular complexity index is 654. The Hall–Kier alpha value is -1.86. The summed E-state index contributed by atoms with van der Waals surface area (Å²) < 4.78 is 32.4. The summed E-state index contributed by atoms with van der Waals surface area (Å²) in [6.45, 7) is 3.00. The number of anilines is 1. The van der Waals surface area contributed by atoms with E-state index in [1.165, 1.54) is 6.20 Å². The molecule has 2 aromatic rings. The van der Waals surface area contributed by atoms with Crippen molar-refractivity contribution in [1.82, 2.24) is 9.71 Å². The molecule has 0 saturated carbocycles. The lowest BCUT2D eigenvalue weighted by atomic mass is 10.3. The Kier molecular flexibility index (Phi) is 5.35. The van der Waals surface area contributed by atoms with Crippen molar-refractivity contribution in [2.24, 2.45) is 0 Å². The number of nitrogens with one attached hydrogen (secondary N) is 2. The van der Waals surface area contributed by atoms with E-state index in [1.54, 1.807) is 24.6 Å². The van der Waals surface area contributed by atoms with Gasteiger partial charge in [-0.3, -0.25) is 4.98 Å². The van der Waals surface area contributed by atoms with Gasteiger partial charge in [-0.05, 0) is 24.6 Å². The average Bonchev–Trinajstić information content (AvgIpc) is 2.98. The van der Waals surface area contributed by atoms with Gasteiger partial charge in [0.05, 0.1) is 12.0 Å². The van der Waals surface area contributed by atoms with Crippen LogP contribution in [-0.4, -0.2) is 26.5 Å². The first kappa shape index (κ1) is 15.5. The molecule has 2 heterocycles. The van der Waals surface area contributed by atoms with Gasteiger partial charge in [-0.25, -0.2) is 13.1 Å². The molecule has 6 nitrogen and oxygen atoms in total. The highest BCUT2D eigenvalue weighted by Crippen LogP contribution is 2.19.